The fourth-order valence-electron chi connectivity index (χ4n) is 4.47. The van der Waals surface area contributed by atoms with Crippen molar-refractivity contribution in [3.8, 4) is 6.01 Å². The molecule has 0 N–H and O–H groups in total. The van der Waals surface area contributed by atoms with Crippen LogP contribution in [0, 0.1) is 0 Å². The third-order valence-corrected chi connectivity index (χ3v) is 5.84. The number of morpholine rings is 1. The first-order valence-electron chi connectivity index (χ1n) is 9.61. The van der Waals surface area contributed by atoms with Gasteiger partial charge in [-0.05, 0) is 12.8 Å². The highest BCUT2D eigenvalue weighted by Crippen LogP contribution is 2.43. The van der Waals surface area contributed by atoms with Gasteiger partial charge in [-0.15, -0.1) is 0 Å². The lowest BCUT2D eigenvalue weighted by Gasteiger charge is -2.36. The molecule has 0 amide bonds. The van der Waals surface area contributed by atoms with Gasteiger partial charge in [-0.25, -0.2) is 19.9 Å². The van der Waals surface area contributed by atoms with Crippen LogP contribution in [0.5, 0.6) is 6.01 Å². The minimum absolute atomic E-state index is 0.389. The number of hydrogen-bond donors (Lipinski definition) is 0. The molecule has 2 bridgehead atoms. The van der Waals surface area contributed by atoms with E-state index in [0.29, 0.717) is 18.1 Å². The van der Waals surface area contributed by atoms with Crippen molar-refractivity contribution in [1.29, 1.82) is 0 Å². The fourth-order valence-corrected chi connectivity index (χ4v) is 4.47. The van der Waals surface area contributed by atoms with Crippen molar-refractivity contribution in [3.05, 3.63) is 35.4 Å². The summed E-state index contributed by atoms with van der Waals surface area (Å²) < 4.78 is 10.5. The molecular weight excluding hydrogens is 344 g/mol. The van der Waals surface area contributed by atoms with Gasteiger partial charge in [0.2, 0.25) is 5.95 Å². The zero-order valence-electron chi connectivity index (χ0n) is 15.5. The van der Waals surface area contributed by atoms with Gasteiger partial charge in [0, 0.05) is 67.9 Å². The Morgan fingerprint density at radius 1 is 1.11 bits per heavy atom. The second-order valence-electron chi connectivity index (χ2n) is 7.37. The molecule has 2 saturated heterocycles. The van der Waals surface area contributed by atoms with Gasteiger partial charge in [-0.1, -0.05) is 0 Å². The van der Waals surface area contributed by atoms with E-state index in [-0.39, 0.29) is 0 Å². The Hall–Kier alpha value is -2.32. The maximum Gasteiger partial charge on any atom is 0.316 e. The largest absolute Gasteiger partial charge is 0.467 e. The van der Waals surface area contributed by atoms with Crippen LogP contribution in [0.3, 0.4) is 0 Å². The van der Waals surface area contributed by atoms with Crippen molar-refractivity contribution in [3.63, 3.8) is 0 Å². The molecule has 0 unspecified atom stereocenters. The first-order valence-corrected chi connectivity index (χ1v) is 9.61. The zero-order valence-corrected chi connectivity index (χ0v) is 15.5. The molecule has 0 radical (unpaired) electrons. The molecule has 0 aliphatic carbocycles. The Kier molecular flexibility index (Phi) is 4.37. The lowest BCUT2D eigenvalue weighted by Crippen LogP contribution is -2.40. The van der Waals surface area contributed by atoms with E-state index < -0.39 is 0 Å². The van der Waals surface area contributed by atoms with E-state index in [1.807, 2.05) is 12.4 Å². The molecule has 5 heterocycles. The summed E-state index contributed by atoms with van der Waals surface area (Å²) in [5.41, 5.74) is 3.62. The smallest absolute Gasteiger partial charge is 0.316 e. The molecule has 8 heteroatoms. The van der Waals surface area contributed by atoms with E-state index in [4.69, 9.17) is 14.5 Å². The number of nitrogens with zero attached hydrogens (tertiary/aromatic N) is 6. The van der Waals surface area contributed by atoms with Gasteiger partial charge in [-0.2, -0.15) is 0 Å². The first kappa shape index (κ1) is 16.8. The fraction of sp³-hybridized carbons (Fsp3) is 0.579. The average molecular weight is 368 g/mol. The molecule has 3 aliphatic heterocycles. The van der Waals surface area contributed by atoms with E-state index in [0.717, 1.165) is 57.2 Å². The van der Waals surface area contributed by atoms with Crippen molar-refractivity contribution in [2.24, 2.45) is 0 Å². The third kappa shape index (κ3) is 3.12. The SMILES string of the molecule is COc1ncc(CN2[C@@H]3CC[C@@H]2c2cnc(N4CCOCC4)nc2C3)cn1. The normalized spacial score (nSPS) is 24.7. The van der Waals surface area contributed by atoms with Crippen LogP contribution in [-0.4, -0.2) is 64.3 Å². The van der Waals surface area contributed by atoms with Crippen LogP contribution in [0.25, 0.3) is 0 Å². The number of rotatable bonds is 4. The first-order chi connectivity index (χ1) is 13.3. The lowest BCUT2D eigenvalue weighted by atomic mass is 9.99. The standard InChI is InChI=1S/C19H24N6O2/c1-26-19-21-9-13(10-22-19)12-25-14-2-3-17(25)15-11-20-18(23-16(15)8-14)24-4-6-27-7-5-24/h9-11,14,17H,2-8,12H2,1H3/t14-,17-/m1/s1. The predicted molar refractivity (Wildman–Crippen MR) is 98.7 cm³/mol. The van der Waals surface area contributed by atoms with Crippen LogP contribution in [0.4, 0.5) is 5.95 Å². The third-order valence-electron chi connectivity index (χ3n) is 5.84. The molecule has 8 nitrogen and oxygen atoms in total. The van der Waals surface area contributed by atoms with Crippen molar-refractivity contribution in [1.82, 2.24) is 24.8 Å². The highest BCUT2D eigenvalue weighted by Gasteiger charge is 2.41. The van der Waals surface area contributed by atoms with Crippen molar-refractivity contribution in [2.75, 3.05) is 38.3 Å². The number of anilines is 1. The van der Waals surface area contributed by atoms with Crippen LogP contribution in [0.2, 0.25) is 0 Å². The van der Waals surface area contributed by atoms with E-state index in [1.54, 1.807) is 7.11 Å². The van der Waals surface area contributed by atoms with Crippen LogP contribution in [-0.2, 0) is 17.7 Å². The molecule has 0 saturated carbocycles. The van der Waals surface area contributed by atoms with Gasteiger partial charge in [0.15, 0.2) is 0 Å². The number of hydrogen-bond acceptors (Lipinski definition) is 8. The molecule has 3 aliphatic rings. The summed E-state index contributed by atoms with van der Waals surface area (Å²) in [5.74, 6) is 0.855. The molecular formula is C19H24N6O2. The van der Waals surface area contributed by atoms with Gasteiger partial charge in [0.05, 0.1) is 26.0 Å². The zero-order chi connectivity index (χ0) is 18.2. The molecule has 2 aromatic rings. The summed E-state index contributed by atoms with van der Waals surface area (Å²) in [6.07, 6.45) is 9.12. The molecule has 2 aromatic heterocycles. The molecule has 142 valence electrons. The van der Waals surface area contributed by atoms with Crippen molar-refractivity contribution in [2.45, 2.75) is 37.9 Å². The Morgan fingerprint density at radius 2 is 1.93 bits per heavy atom. The monoisotopic (exact) mass is 368 g/mol. The second-order valence-corrected chi connectivity index (χ2v) is 7.37. The molecule has 2 atom stereocenters. The maximum atomic E-state index is 5.44. The average Bonchev–Trinajstić information content (AvgIpc) is 3.00. The number of methoxy groups -OCH3 is 1. The molecule has 2 fully saturated rings. The summed E-state index contributed by atoms with van der Waals surface area (Å²) in [6, 6.07) is 1.33. The van der Waals surface area contributed by atoms with E-state index in [1.165, 1.54) is 17.7 Å². The molecule has 5 rings (SSSR count). The lowest BCUT2D eigenvalue weighted by molar-refractivity contribution is 0.122. The molecule has 0 aromatic carbocycles. The summed E-state index contributed by atoms with van der Waals surface area (Å²) in [5, 5.41) is 0. The van der Waals surface area contributed by atoms with Gasteiger partial charge in [0.25, 0.3) is 0 Å². The highest BCUT2D eigenvalue weighted by atomic mass is 16.5. The Morgan fingerprint density at radius 3 is 2.70 bits per heavy atom. The Balaban J connectivity index is 1.36. The van der Waals surface area contributed by atoms with Gasteiger partial charge in [-0.3, -0.25) is 4.90 Å². The molecule has 27 heavy (non-hydrogen) atoms. The van der Waals surface area contributed by atoms with Crippen LogP contribution in [0.1, 0.15) is 35.7 Å². The topological polar surface area (TPSA) is 76.5 Å². The van der Waals surface area contributed by atoms with Crippen LogP contribution >= 0.6 is 0 Å². The van der Waals surface area contributed by atoms with Crippen LogP contribution in [0.15, 0.2) is 18.6 Å². The Bertz CT molecular complexity index is 808. The molecule has 0 spiro atoms. The number of ether oxygens (including phenoxy) is 2. The minimum Gasteiger partial charge on any atom is -0.467 e. The highest BCUT2D eigenvalue weighted by molar-refractivity contribution is 5.37. The Labute approximate surface area is 158 Å². The summed E-state index contributed by atoms with van der Waals surface area (Å²) >= 11 is 0. The van der Waals surface area contributed by atoms with E-state index in [2.05, 4.69) is 30.9 Å². The van der Waals surface area contributed by atoms with E-state index >= 15 is 0 Å². The minimum atomic E-state index is 0.389. The quantitative estimate of drug-likeness (QED) is 0.801. The van der Waals surface area contributed by atoms with Crippen molar-refractivity contribution < 1.29 is 9.47 Å². The second kappa shape index (κ2) is 7.01. The summed E-state index contributed by atoms with van der Waals surface area (Å²) in [7, 11) is 1.59. The van der Waals surface area contributed by atoms with Gasteiger partial charge < -0.3 is 14.4 Å². The number of aromatic nitrogens is 4. The van der Waals surface area contributed by atoms with Crippen LogP contribution < -0.4 is 9.64 Å². The van der Waals surface area contributed by atoms with Gasteiger partial charge in [0.1, 0.15) is 0 Å². The van der Waals surface area contributed by atoms with Gasteiger partial charge >= 0.3 is 6.01 Å². The predicted octanol–water partition coefficient (Wildman–Crippen LogP) is 1.37. The summed E-state index contributed by atoms with van der Waals surface area (Å²) in [6.45, 7) is 4.10. The number of fused-ring (bicyclic) bond motifs is 4. The van der Waals surface area contributed by atoms with Crippen molar-refractivity contribution >= 4 is 5.95 Å². The maximum absolute atomic E-state index is 5.44. The summed E-state index contributed by atoms with van der Waals surface area (Å²) in [4.78, 5) is 22.9. The van der Waals surface area contributed by atoms with E-state index in [9.17, 15) is 0 Å².